The van der Waals surface area contributed by atoms with Crippen LogP contribution in [0.3, 0.4) is 0 Å². The molecule has 2 heterocycles. The number of amides is 4. The average molecular weight is 396 g/mol. The Kier molecular flexibility index (Phi) is 6.38. The van der Waals surface area contributed by atoms with Crippen molar-refractivity contribution in [3.8, 4) is 0 Å². The molecule has 152 valence electrons. The van der Waals surface area contributed by atoms with E-state index in [1.165, 1.54) is 0 Å². The van der Waals surface area contributed by atoms with Crippen molar-refractivity contribution in [3.63, 3.8) is 0 Å². The summed E-state index contributed by atoms with van der Waals surface area (Å²) in [6, 6.07) is 7.58. The van der Waals surface area contributed by atoms with Crippen LogP contribution in [0.1, 0.15) is 31.7 Å². The Hall–Kier alpha value is -3.49. The Morgan fingerprint density at radius 1 is 1.14 bits per heavy atom. The molecule has 9 heteroatoms. The van der Waals surface area contributed by atoms with Gasteiger partial charge in [0.25, 0.3) is 5.91 Å². The van der Waals surface area contributed by atoms with Crippen LogP contribution in [0.4, 0.5) is 16.4 Å². The van der Waals surface area contributed by atoms with Gasteiger partial charge in [-0.3, -0.25) is 9.59 Å². The molecule has 0 bridgehead atoms. The van der Waals surface area contributed by atoms with Crippen molar-refractivity contribution in [2.45, 2.75) is 32.2 Å². The van der Waals surface area contributed by atoms with Gasteiger partial charge >= 0.3 is 6.03 Å². The maximum Gasteiger partial charge on any atom is 0.329 e. The van der Waals surface area contributed by atoms with E-state index in [2.05, 4.69) is 39.8 Å². The largest absolute Gasteiger partial charge is 0.354 e. The second-order valence-electron chi connectivity index (χ2n) is 6.98. The van der Waals surface area contributed by atoms with E-state index >= 15 is 0 Å². The van der Waals surface area contributed by atoms with Gasteiger partial charge < -0.3 is 16.0 Å². The van der Waals surface area contributed by atoms with Gasteiger partial charge in [-0.15, -0.1) is 0 Å². The molecule has 29 heavy (non-hydrogen) atoms. The van der Waals surface area contributed by atoms with E-state index in [-0.39, 0.29) is 12.3 Å². The van der Waals surface area contributed by atoms with Crippen LogP contribution < -0.4 is 20.9 Å². The van der Waals surface area contributed by atoms with Crippen molar-refractivity contribution in [1.82, 2.24) is 20.6 Å². The first-order chi connectivity index (χ1) is 14.0. The van der Waals surface area contributed by atoms with E-state index < -0.39 is 18.0 Å². The molecular formula is C20H24N6O3. The topological polar surface area (TPSA) is 116 Å². The van der Waals surface area contributed by atoms with Gasteiger partial charge in [0.1, 0.15) is 6.04 Å². The van der Waals surface area contributed by atoms with Crippen molar-refractivity contribution >= 4 is 29.5 Å². The smallest absolute Gasteiger partial charge is 0.329 e. The lowest BCUT2D eigenvalue weighted by Gasteiger charge is -2.14. The molecular weight excluding hydrogens is 372 g/mol. The minimum Gasteiger partial charge on any atom is -0.354 e. The number of imide groups is 1. The number of hydrogen-bond acceptors (Lipinski definition) is 6. The first kappa shape index (κ1) is 20.2. The van der Waals surface area contributed by atoms with Crippen LogP contribution in [-0.2, 0) is 9.59 Å². The number of carbonyl (C=O) groups excluding carboxylic acids is 3. The fourth-order valence-electron chi connectivity index (χ4n) is 2.95. The van der Waals surface area contributed by atoms with Crippen molar-refractivity contribution in [1.29, 1.82) is 0 Å². The number of nitrogens with zero attached hydrogens (tertiary/aromatic N) is 3. The second kappa shape index (κ2) is 9.13. The quantitative estimate of drug-likeness (QED) is 0.461. The number of benzene rings is 1. The van der Waals surface area contributed by atoms with E-state index in [1.54, 1.807) is 30.6 Å². The summed E-state index contributed by atoms with van der Waals surface area (Å²) in [6.45, 7) is 4.92. The van der Waals surface area contributed by atoms with Gasteiger partial charge in [0.2, 0.25) is 11.9 Å². The molecule has 3 N–H and O–H groups in total. The molecule has 4 amide bonds. The second-order valence-corrected chi connectivity index (χ2v) is 6.98. The van der Waals surface area contributed by atoms with Crippen molar-refractivity contribution in [3.05, 3.63) is 48.3 Å². The molecule has 2 aromatic rings. The number of carbonyl (C=O) groups is 3. The Morgan fingerprint density at radius 3 is 2.48 bits per heavy atom. The van der Waals surface area contributed by atoms with Gasteiger partial charge in [-0.25, -0.2) is 19.7 Å². The minimum atomic E-state index is -0.877. The van der Waals surface area contributed by atoms with Crippen molar-refractivity contribution in [2.24, 2.45) is 0 Å². The Morgan fingerprint density at radius 2 is 1.83 bits per heavy atom. The summed E-state index contributed by atoms with van der Waals surface area (Å²) in [5, 5.41) is 8.26. The molecule has 0 radical (unpaired) electrons. The zero-order chi connectivity index (χ0) is 20.8. The molecule has 0 spiro atoms. The predicted molar refractivity (Wildman–Crippen MR) is 108 cm³/mol. The SMILES string of the molecule is CC(C)c1ccc(N2C(=O)NC(CC(=O)NCCNc3ncccn3)C2=O)cc1. The van der Waals surface area contributed by atoms with E-state index in [0.29, 0.717) is 30.6 Å². The Bertz CT molecular complexity index is 870. The average Bonchev–Trinajstić information content (AvgIpc) is 2.99. The fourth-order valence-corrected chi connectivity index (χ4v) is 2.95. The summed E-state index contributed by atoms with van der Waals surface area (Å²) in [4.78, 5) is 46.1. The van der Waals surface area contributed by atoms with E-state index in [0.717, 1.165) is 10.5 Å². The molecule has 1 unspecified atom stereocenters. The lowest BCUT2D eigenvalue weighted by atomic mass is 10.0. The highest BCUT2D eigenvalue weighted by Gasteiger charge is 2.39. The van der Waals surface area contributed by atoms with Gasteiger partial charge in [0, 0.05) is 25.5 Å². The number of rotatable bonds is 8. The van der Waals surface area contributed by atoms with E-state index in [1.807, 2.05) is 12.1 Å². The van der Waals surface area contributed by atoms with Crippen LogP contribution in [0.15, 0.2) is 42.7 Å². The van der Waals surface area contributed by atoms with E-state index in [4.69, 9.17) is 0 Å². The highest BCUT2D eigenvalue weighted by molar-refractivity contribution is 6.22. The fraction of sp³-hybridized carbons (Fsp3) is 0.350. The molecule has 1 aromatic carbocycles. The molecule has 0 saturated carbocycles. The number of hydrogen-bond donors (Lipinski definition) is 3. The zero-order valence-corrected chi connectivity index (χ0v) is 16.4. The summed E-state index contributed by atoms with van der Waals surface area (Å²) in [5.41, 5.74) is 1.61. The molecule has 1 fully saturated rings. The molecule has 3 rings (SSSR count). The van der Waals surface area contributed by atoms with Crippen molar-refractivity contribution < 1.29 is 14.4 Å². The summed E-state index contributed by atoms with van der Waals surface area (Å²) in [6.07, 6.45) is 3.11. The first-order valence-electron chi connectivity index (χ1n) is 9.47. The molecule has 1 aliphatic heterocycles. The number of anilines is 2. The molecule has 1 atom stereocenters. The predicted octanol–water partition coefficient (Wildman–Crippen LogP) is 1.64. The lowest BCUT2D eigenvalue weighted by molar-refractivity contribution is -0.125. The molecule has 9 nitrogen and oxygen atoms in total. The van der Waals surface area contributed by atoms with Gasteiger partial charge in [0.05, 0.1) is 12.1 Å². The number of urea groups is 1. The van der Waals surface area contributed by atoms with Crippen LogP contribution >= 0.6 is 0 Å². The standard InChI is InChI=1S/C20H24N6O3/c1-13(2)14-4-6-15(7-5-14)26-18(28)16(25-20(26)29)12-17(27)21-10-11-24-19-22-8-3-9-23-19/h3-9,13,16H,10-12H2,1-2H3,(H,21,27)(H,25,29)(H,22,23,24). The number of aromatic nitrogens is 2. The van der Waals surface area contributed by atoms with Crippen LogP contribution in [0.5, 0.6) is 0 Å². The molecule has 1 aliphatic rings. The lowest BCUT2D eigenvalue weighted by Crippen LogP contribution is -2.38. The summed E-state index contributed by atoms with van der Waals surface area (Å²) in [5.74, 6) is 0.0698. The number of nitrogens with one attached hydrogen (secondary N) is 3. The molecule has 1 saturated heterocycles. The molecule has 1 aromatic heterocycles. The van der Waals surface area contributed by atoms with Gasteiger partial charge in [-0.2, -0.15) is 0 Å². The summed E-state index contributed by atoms with van der Waals surface area (Å²) >= 11 is 0. The highest BCUT2D eigenvalue weighted by Crippen LogP contribution is 2.23. The zero-order valence-electron chi connectivity index (χ0n) is 16.4. The maximum absolute atomic E-state index is 12.6. The van der Waals surface area contributed by atoms with Crippen LogP contribution in [0.2, 0.25) is 0 Å². The third-order valence-electron chi connectivity index (χ3n) is 4.52. The van der Waals surface area contributed by atoms with Crippen molar-refractivity contribution in [2.75, 3.05) is 23.3 Å². The minimum absolute atomic E-state index is 0.118. The van der Waals surface area contributed by atoms with Gasteiger partial charge in [0.15, 0.2) is 0 Å². The highest BCUT2D eigenvalue weighted by atomic mass is 16.2. The van der Waals surface area contributed by atoms with Crippen LogP contribution in [0, 0.1) is 0 Å². The van der Waals surface area contributed by atoms with Gasteiger partial charge in [-0.05, 0) is 29.7 Å². The molecule has 0 aliphatic carbocycles. The third-order valence-corrected chi connectivity index (χ3v) is 4.52. The van der Waals surface area contributed by atoms with Crippen LogP contribution in [-0.4, -0.2) is 46.9 Å². The monoisotopic (exact) mass is 396 g/mol. The van der Waals surface area contributed by atoms with E-state index in [9.17, 15) is 14.4 Å². The Balaban J connectivity index is 1.49. The summed E-state index contributed by atoms with van der Waals surface area (Å²) in [7, 11) is 0. The first-order valence-corrected chi connectivity index (χ1v) is 9.47. The normalized spacial score (nSPS) is 16.1. The Labute approximate surface area is 168 Å². The summed E-state index contributed by atoms with van der Waals surface area (Å²) < 4.78 is 0. The maximum atomic E-state index is 12.6. The van der Waals surface area contributed by atoms with Crippen LogP contribution in [0.25, 0.3) is 0 Å². The van der Waals surface area contributed by atoms with Gasteiger partial charge in [-0.1, -0.05) is 26.0 Å². The third kappa shape index (κ3) is 5.07.